The first-order valence-corrected chi connectivity index (χ1v) is 6.70. The largest absolute Gasteiger partial charge is 0.502 e. The molecule has 0 radical (unpaired) electrons. The Morgan fingerprint density at radius 2 is 1.70 bits per heavy atom. The highest BCUT2D eigenvalue weighted by Crippen LogP contribution is 2.13. The van der Waals surface area contributed by atoms with Crippen LogP contribution in [0, 0.1) is 0 Å². The van der Waals surface area contributed by atoms with Crippen LogP contribution in [0.5, 0.6) is 5.75 Å². The van der Waals surface area contributed by atoms with E-state index in [2.05, 4.69) is 6.58 Å². The summed E-state index contributed by atoms with van der Waals surface area (Å²) in [4.78, 5) is 11.1. The lowest BCUT2D eigenvalue weighted by molar-refractivity contribution is 0.101. The molecular weight excluding hydrogens is 252 g/mol. The van der Waals surface area contributed by atoms with Crippen LogP contribution in [0.4, 0.5) is 0 Å². The molecule has 0 fully saturated rings. The summed E-state index contributed by atoms with van der Waals surface area (Å²) in [7, 11) is 0. The molecule has 0 amide bonds. The highest BCUT2D eigenvalue weighted by atomic mass is 16.5. The number of Topliss-reactive ketones (excluding diaryl/α,β-unsaturated/α-hetero) is 1. The normalized spacial score (nSPS) is 9.45. The first-order valence-electron chi connectivity index (χ1n) is 6.70. The van der Waals surface area contributed by atoms with Gasteiger partial charge in [-0.3, -0.25) is 4.79 Å². The van der Waals surface area contributed by atoms with Gasteiger partial charge in [0.1, 0.15) is 5.75 Å². The maximum absolute atomic E-state index is 11.1. The molecule has 0 heterocycles. The van der Waals surface area contributed by atoms with Gasteiger partial charge in [-0.05, 0) is 56.9 Å². The van der Waals surface area contributed by atoms with Crippen LogP contribution in [0.25, 0.3) is 0 Å². The van der Waals surface area contributed by atoms with Gasteiger partial charge >= 0.3 is 0 Å². The average molecular weight is 278 g/mol. The zero-order valence-corrected chi connectivity index (χ0v) is 11.6. The standard InChI is InChI=1S/C16H22O3.CH4/c1-3-18-12-6-4-5-7-13-19-16-10-8-15(9-11-16)14(2)17;/h3,8-11H,1,4-7,12-13H2,2H3;1H4. The van der Waals surface area contributed by atoms with E-state index < -0.39 is 0 Å². The molecule has 0 aliphatic rings. The van der Waals surface area contributed by atoms with Crippen molar-refractivity contribution in [1.82, 2.24) is 0 Å². The highest BCUT2D eigenvalue weighted by molar-refractivity contribution is 5.94. The second kappa shape index (κ2) is 11.1. The summed E-state index contributed by atoms with van der Waals surface area (Å²) in [5.41, 5.74) is 0.717. The van der Waals surface area contributed by atoms with Crippen LogP contribution in [0.2, 0.25) is 0 Å². The Hall–Kier alpha value is -1.77. The van der Waals surface area contributed by atoms with E-state index >= 15 is 0 Å². The predicted molar refractivity (Wildman–Crippen MR) is 83.3 cm³/mol. The minimum absolute atomic E-state index is 0. The lowest BCUT2D eigenvalue weighted by Gasteiger charge is -2.06. The second-order valence-corrected chi connectivity index (χ2v) is 4.38. The number of carbonyl (C=O) groups excluding carboxylic acids is 1. The second-order valence-electron chi connectivity index (χ2n) is 4.38. The van der Waals surface area contributed by atoms with Crippen LogP contribution < -0.4 is 4.74 Å². The molecule has 0 bridgehead atoms. The van der Waals surface area contributed by atoms with Crippen molar-refractivity contribution < 1.29 is 14.3 Å². The molecule has 0 atom stereocenters. The maximum Gasteiger partial charge on any atom is 0.159 e. The zero-order chi connectivity index (χ0) is 13.9. The molecular formula is C17H26O3. The Morgan fingerprint density at radius 1 is 1.10 bits per heavy atom. The molecule has 3 nitrogen and oxygen atoms in total. The molecule has 3 heteroatoms. The fourth-order valence-electron chi connectivity index (χ4n) is 1.70. The molecule has 1 aromatic carbocycles. The fraction of sp³-hybridized carbons (Fsp3) is 0.471. The van der Waals surface area contributed by atoms with Gasteiger partial charge in [-0.1, -0.05) is 14.0 Å². The lowest BCUT2D eigenvalue weighted by atomic mass is 10.1. The lowest BCUT2D eigenvalue weighted by Crippen LogP contribution is -1.98. The van der Waals surface area contributed by atoms with Crippen LogP contribution in [-0.4, -0.2) is 19.0 Å². The molecule has 20 heavy (non-hydrogen) atoms. The number of benzene rings is 1. The molecule has 0 saturated carbocycles. The van der Waals surface area contributed by atoms with Gasteiger partial charge in [0, 0.05) is 5.56 Å². The van der Waals surface area contributed by atoms with E-state index in [1.54, 1.807) is 19.1 Å². The zero-order valence-electron chi connectivity index (χ0n) is 11.6. The van der Waals surface area contributed by atoms with Crippen LogP contribution in [0.3, 0.4) is 0 Å². The third kappa shape index (κ3) is 7.62. The van der Waals surface area contributed by atoms with E-state index in [1.807, 2.05) is 12.1 Å². The summed E-state index contributed by atoms with van der Waals surface area (Å²) in [5, 5.41) is 0. The Bertz CT molecular complexity index is 382. The SMILES string of the molecule is C.C=COCCCCCCOc1ccc(C(C)=O)cc1. The van der Waals surface area contributed by atoms with Gasteiger partial charge in [-0.15, -0.1) is 0 Å². The Balaban J connectivity index is 0.00000361. The van der Waals surface area contributed by atoms with E-state index in [4.69, 9.17) is 9.47 Å². The summed E-state index contributed by atoms with van der Waals surface area (Å²) < 4.78 is 10.7. The minimum Gasteiger partial charge on any atom is -0.502 e. The Morgan fingerprint density at radius 3 is 2.25 bits per heavy atom. The summed E-state index contributed by atoms with van der Waals surface area (Å²) in [6.07, 6.45) is 5.84. The minimum atomic E-state index is 0. The van der Waals surface area contributed by atoms with E-state index in [9.17, 15) is 4.79 Å². The first kappa shape index (κ1) is 18.2. The molecule has 0 aromatic heterocycles. The van der Waals surface area contributed by atoms with Gasteiger partial charge in [0.05, 0.1) is 19.5 Å². The van der Waals surface area contributed by atoms with Gasteiger partial charge in [-0.25, -0.2) is 0 Å². The van der Waals surface area contributed by atoms with Gasteiger partial charge in [0.15, 0.2) is 5.78 Å². The fourth-order valence-corrected chi connectivity index (χ4v) is 1.70. The quantitative estimate of drug-likeness (QED) is 0.356. The monoisotopic (exact) mass is 278 g/mol. The predicted octanol–water partition coefficient (Wildman–Crippen LogP) is 4.62. The van der Waals surface area contributed by atoms with Crippen molar-refractivity contribution in [2.75, 3.05) is 13.2 Å². The molecule has 1 rings (SSSR count). The number of unbranched alkanes of at least 4 members (excludes halogenated alkanes) is 3. The van der Waals surface area contributed by atoms with Crippen LogP contribution in [-0.2, 0) is 4.74 Å². The number of hydrogen-bond acceptors (Lipinski definition) is 3. The van der Waals surface area contributed by atoms with Crippen molar-refractivity contribution in [3.05, 3.63) is 42.7 Å². The first-order chi connectivity index (χ1) is 9.24. The van der Waals surface area contributed by atoms with Crippen LogP contribution in [0.1, 0.15) is 50.4 Å². The van der Waals surface area contributed by atoms with Crippen LogP contribution >= 0.6 is 0 Å². The third-order valence-electron chi connectivity index (χ3n) is 2.80. The summed E-state index contributed by atoms with van der Waals surface area (Å²) >= 11 is 0. The van der Waals surface area contributed by atoms with Crippen molar-refractivity contribution in [3.63, 3.8) is 0 Å². The van der Waals surface area contributed by atoms with Crippen molar-refractivity contribution in [3.8, 4) is 5.75 Å². The smallest absolute Gasteiger partial charge is 0.159 e. The van der Waals surface area contributed by atoms with Crippen molar-refractivity contribution in [2.24, 2.45) is 0 Å². The highest BCUT2D eigenvalue weighted by Gasteiger charge is 1.99. The number of ketones is 1. The average Bonchev–Trinajstić information content (AvgIpc) is 2.42. The topological polar surface area (TPSA) is 35.5 Å². The molecule has 0 N–H and O–H groups in total. The summed E-state index contributed by atoms with van der Waals surface area (Å²) in [6, 6.07) is 7.28. The van der Waals surface area contributed by atoms with E-state index in [1.165, 1.54) is 6.26 Å². The van der Waals surface area contributed by atoms with Gasteiger partial charge < -0.3 is 9.47 Å². The molecule has 0 spiro atoms. The van der Waals surface area contributed by atoms with Crippen molar-refractivity contribution in [1.29, 1.82) is 0 Å². The van der Waals surface area contributed by atoms with Crippen LogP contribution in [0.15, 0.2) is 37.1 Å². The third-order valence-corrected chi connectivity index (χ3v) is 2.80. The van der Waals surface area contributed by atoms with Gasteiger partial charge in [0.2, 0.25) is 0 Å². The van der Waals surface area contributed by atoms with Crippen molar-refractivity contribution >= 4 is 5.78 Å². The molecule has 0 aliphatic heterocycles. The molecule has 0 saturated heterocycles. The van der Waals surface area contributed by atoms with E-state index in [0.29, 0.717) is 6.61 Å². The van der Waals surface area contributed by atoms with E-state index in [-0.39, 0.29) is 13.2 Å². The summed E-state index contributed by atoms with van der Waals surface area (Å²) in [5.74, 6) is 0.897. The number of carbonyl (C=O) groups is 1. The van der Waals surface area contributed by atoms with Gasteiger partial charge in [0.25, 0.3) is 0 Å². The van der Waals surface area contributed by atoms with E-state index in [0.717, 1.165) is 43.6 Å². The molecule has 0 unspecified atom stereocenters. The maximum atomic E-state index is 11.1. The Labute approximate surface area is 122 Å². The summed E-state index contributed by atoms with van der Waals surface area (Å²) in [6.45, 7) is 6.51. The number of rotatable bonds is 10. The molecule has 112 valence electrons. The number of ether oxygens (including phenoxy) is 2. The number of hydrogen-bond donors (Lipinski definition) is 0. The molecule has 1 aromatic rings. The Kier molecular flexibility index (Phi) is 10.1. The van der Waals surface area contributed by atoms with Crippen molar-refractivity contribution in [2.45, 2.75) is 40.0 Å². The van der Waals surface area contributed by atoms with Gasteiger partial charge in [-0.2, -0.15) is 0 Å². The molecule has 0 aliphatic carbocycles.